The summed E-state index contributed by atoms with van der Waals surface area (Å²) >= 11 is 0. The zero-order valence-electron chi connectivity index (χ0n) is 26.5. The molecule has 238 valence electrons. The molecule has 11 heteroatoms. The lowest BCUT2D eigenvalue weighted by Gasteiger charge is -2.32. The highest BCUT2D eigenvalue weighted by molar-refractivity contribution is 7.92. The Labute approximate surface area is 261 Å². The third kappa shape index (κ3) is 8.43. The number of rotatable bonds is 15. The van der Waals surface area contributed by atoms with Gasteiger partial charge in [0.05, 0.1) is 31.4 Å². The van der Waals surface area contributed by atoms with Gasteiger partial charge in [-0.2, -0.15) is 0 Å². The van der Waals surface area contributed by atoms with Crippen LogP contribution < -0.4 is 23.8 Å². The molecule has 0 heterocycles. The van der Waals surface area contributed by atoms with Crippen LogP contribution in [0.2, 0.25) is 0 Å². The lowest BCUT2D eigenvalue weighted by molar-refractivity contribution is -0.139. The van der Waals surface area contributed by atoms with Crippen LogP contribution in [0.25, 0.3) is 0 Å². The summed E-state index contributed by atoms with van der Waals surface area (Å²) in [6, 6.07) is 17.4. The quantitative estimate of drug-likeness (QED) is 0.255. The second-order valence-corrected chi connectivity index (χ2v) is 12.3. The van der Waals surface area contributed by atoms with Crippen molar-refractivity contribution in [3.05, 3.63) is 77.9 Å². The topological polar surface area (TPSA) is 114 Å². The predicted octanol–water partition coefficient (Wildman–Crippen LogP) is 4.94. The third-order valence-corrected chi connectivity index (χ3v) is 9.03. The van der Waals surface area contributed by atoms with Crippen LogP contribution in [0, 0.1) is 6.92 Å². The summed E-state index contributed by atoms with van der Waals surface area (Å²) in [6.45, 7) is 9.28. The molecule has 0 bridgehead atoms. The van der Waals surface area contributed by atoms with Crippen LogP contribution in [0.1, 0.15) is 45.2 Å². The number of carbonyl (C=O) groups is 2. The van der Waals surface area contributed by atoms with E-state index >= 15 is 0 Å². The number of hydrogen-bond acceptors (Lipinski definition) is 7. The maximum Gasteiger partial charge on any atom is 0.264 e. The van der Waals surface area contributed by atoms with Gasteiger partial charge in [-0.15, -0.1) is 0 Å². The standard InChI is InChI=1S/C33H43N3O7S/c1-8-24(4)34-33(38)25(5)35(21-26-12-10-11-23(3)19-26)32(37)22-36(27-13-15-28(16-14-27)43-9-2)44(39,40)29-17-18-30(41-6)31(20-29)42-7/h10-20,24-25H,8-9,21-22H2,1-7H3,(H,34,38)/t24-,25-/m1/s1. The summed E-state index contributed by atoms with van der Waals surface area (Å²) in [5.74, 6) is 0.276. The van der Waals surface area contributed by atoms with Crippen molar-refractivity contribution in [2.45, 2.75) is 64.6 Å². The van der Waals surface area contributed by atoms with Gasteiger partial charge in [-0.3, -0.25) is 13.9 Å². The number of anilines is 1. The van der Waals surface area contributed by atoms with Gasteiger partial charge in [-0.05, 0) is 76.1 Å². The number of amides is 2. The Morgan fingerprint density at radius 3 is 2.18 bits per heavy atom. The molecule has 3 rings (SSSR count). The van der Waals surface area contributed by atoms with E-state index in [1.54, 1.807) is 31.2 Å². The Morgan fingerprint density at radius 2 is 1.59 bits per heavy atom. The number of sulfonamides is 1. The highest BCUT2D eigenvalue weighted by Gasteiger charge is 2.33. The predicted molar refractivity (Wildman–Crippen MR) is 171 cm³/mol. The molecule has 10 nitrogen and oxygen atoms in total. The van der Waals surface area contributed by atoms with Gasteiger partial charge < -0.3 is 24.4 Å². The summed E-state index contributed by atoms with van der Waals surface area (Å²) in [5.41, 5.74) is 2.07. The minimum atomic E-state index is -4.30. The van der Waals surface area contributed by atoms with Crippen molar-refractivity contribution in [3.8, 4) is 17.2 Å². The first-order chi connectivity index (χ1) is 20.9. The maximum atomic E-state index is 14.2. The Morgan fingerprint density at radius 1 is 0.909 bits per heavy atom. The second-order valence-electron chi connectivity index (χ2n) is 10.5. The lowest BCUT2D eigenvalue weighted by Crippen LogP contribution is -2.52. The fourth-order valence-corrected chi connectivity index (χ4v) is 5.99. The molecule has 0 saturated carbocycles. The number of nitrogens with zero attached hydrogens (tertiary/aromatic N) is 2. The SMILES string of the molecule is CCOc1ccc(N(CC(=O)N(Cc2cccc(C)c2)[C@H](C)C(=O)N[C@H](C)CC)S(=O)(=O)c2ccc(OC)c(OC)c2)cc1. The Balaban J connectivity index is 2.08. The minimum absolute atomic E-state index is 0.0911. The Hall–Kier alpha value is -4.25. The molecule has 0 radical (unpaired) electrons. The van der Waals surface area contributed by atoms with Crippen molar-refractivity contribution < 1.29 is 32.2 Å². The summed E-state index contributed by atoms with van der Waals surface area (Å²) in [7, 11) is -1.43. The summed E-state index contributed by atoms with van der Waals surface area (Å²) < 4.78 is 45.6. The van der Waals surface area contributed by atoms with E-state index in [0.29, 0.717) is 18.1 Å². The lowest BCUT2D eigenvalue weighted by atomic mass is 10.1. The fraction of sp³-hybridized carbons (Fsp3) is 0.394. The summed E-state index contributed by atoms with van der Waals surface area (Å²) in [6.07, 6.45) is 0.722. The molecule has 0 spiro atoms. The summed E-state index contributed by atoms with van der Waals surface area (Å²) in [5, 5.41) is 2.94. The van der Waals surface area contributed by atoms with E-state index in [4.69, 9.17) is 14.2 Å². The molecule has 3 aromatic rings. The molecule has 3 aromatic carbocycles. The van der Waals surface area contributed by atoms with Gasteiger partial charge in [0.2, 0.25) is 11.8 Å². The van der Waals surface area contributed by atoms with Gasteiger partial charge in [0.15, 0.2) is 11.5 Å². The van der Waals surface area contributed by atoms with E-state index in [1.165, 1.54) is 37.3 Å². The molecule has 2 amide bonds. The number of carbonyl (C=O) groups excluding carboxylic acids is 2. The van der Waals surface area contributed by atoms with Crippen molar-refractivity contribution in [1.29, 1.82) is 0 Å². The van der Waals surface area contributed by atoms with E-state index in [1.807, 2.05) is 52.0 Å². The first-order valence-corrected chi connectivity index (χ1v) is 16.0. The molecule has 0 aliphatic rings. The van der Waals surface area contributed by atoms with Crippen LogP contribution >= 0.6 is 0 Å². The molecular weight excluding hydrogens is 582 g/mol. The zero-order valence-corrected chi connectivity index (χ0v) is 27.3. The van der Waals surface area contributed by atoms with Crippen molar-refractivity contribution in [2.75, 3.05) is 31.7 Å². The average molecular weight is 626 g/mol. The van der Waals surface area contributed by atoms with Gasteiger partial charge in [0, 0.05) is 18.7 Å². The van der Waals surface area contributed by atoms with Gasteiger partial charge in [0.25, 0.3) is 10.0 Å². The van der Waals surface area contributed by atoms with Gasteiger partial charge in [-0.1, -0.05) is 36.8 Å². The zero-order chi connectivity index (χ0) is 32.4. The number of hydrogen-bond donors (Lipinski definition) is 1. The van der Waals surface area contributed by atoms with Crippen LogP contribution in [0.4, 0.5) is 5.69 Å². The van der Waals surface area contributed by atoms with Crippen LogP contribution in [-0.4, -0.2) is 64.6 Å². The van der Waals surface area contributed by atoms with Crippen molar-refractivity contribution >= 4 is 27.5 Å². The smallest absolute Gasteiger partial charge is 0.264 e. The molecule has 0 saturated heterocycles. The van der Waals surface area contributed by atoms with E-state index in [9.17, 15) is 18.0 Å². The second kappa shape index (κ2) is 15.5. The molecule has 0 aromatic heterocycles. The van der Waals surface area contributed by atoms with Crippen LogP contribution in [0.3, 0.4) is 0 Å². The normalized spacial score (nSPS) is 12.5. The van der Waals surface area contributed by atoms with Gasteiger partial charge in [-0.25, -0.2) is 8.42 Å². The number of ether oxygens (including phenoxy) is 3. The molecule has 44 heavy (non-hydrogen) atoms. The van der Waals surface area contributed by atoms with Gasteiger partial charge in [0.1, 0.15) is 18.3 Å². The first kappa shape index (κ1) is 34.2. The van der Waals surface area contributed by atoms with E-state index < -0.39 is 28.5 Å². The number of methoxy groups -OCH3 is 2. The molecule has 0 unspecified atom stereocenters. The number of benzene rings is 3. The van der Waals surface area contributed by atoms with E-state index in [0.717, 1.165) is 21.9 Å². The number of aryl methyl sites for hydroxylation is 1. The Kier molecular flexibility index (Phi) is 12.0. The monoisotopic (exact) mass is 625 g/mol. The van der Waals surface area contributed by atoms with Crippen molar-refractivity contribution in [1.82, 2.24) is 10.2 Å². The fourth-order valence-electron chi connectivity index (χ4n) is 4.56. The average Bonchev–Trinajstić information content (AvgIpc) is 3.02. The molecule has 0 fully saturated rings. The molecular formula is C33H43N3O7S. The Bertz CT molecular complexity index is 1530. The molecule has 0 aliphatic heterocycles. The summed E-state index contributed by atoms with van der Waals surface area (Å²) in [4.78, 5) is 28.7. The van der Waals surface area contributed by atoms with E-state index in [2.05, 4.69) is 5.32 Å². The van der Waals surface area contributed by atoms with Crippen LogP contribution in [0.15, 0.2) is 71.6 Å². The largest absolute Gasteiger partial charge is 0.494 e. The minimum Gasteiger partial charge on any atom is -0.494 e. The maximum absolute atomic E-state index is 14.2. The van der Waals surface area contributed by atoms with E-state index in [-0.39, 0.29) is 34.8 Å². The van der Waals surface area contributed by atoms with Crippen LogP contribution in [-0.2, 0) is 26.2 Å². The molecule has 0 aliphatic carbocycles. The molecule has 2 atom stereocenters. The highest BCUT2D eigenvalue weighted by atomic mass is 32.2. The number of nitrogens with one attached hydrogen (secondary N) is 1. The van der Waals surface area contributed by atoms with Crippen molar-refractivity contribution in [3.63, 3.8) is 0 Å². The van der Waals surface area contributed by atoms with Crippen molar-refractivity contribution in [2.24, 2.45) is 0 Å². The first-order valence-electron chi connectivity index (χ1n) is 14.6. The molecule has 1 N–H and O–H groups in total. The third-order valence-electron chi connectivity index (χ3n) is 7.26. The van der Waals surface area contributed by atoms with Crippen LogP contribution in [0.5, 0.6) is 17.2 Å². The van der Waals surface area contributed by atoms with Gasteiger partial charge >= 0.3 is 0 Å². The highest BCUT2D eigenvalue weighted by Crippen LogP contribution is 2.33.